The summed E-state index contributed by atoms with van der Waals surface area (Å²) in [5.74, 6) is 0.307. The number of amides is 1. The largest absolute Gasteiger partial charge is 0.343 e. The number of benzene rings is 1. The van der Waals surface area contributed by atoms with Crippen molar-refractivity contribution < 1.29 is 4.79 Å². The zero-order valence-electron chi connectivity index (χ0n) is 14.4. The van der Waals surface area contributed by atoms with Gasteiger partial charge in [-0.1, -0.05) is 30.7 Å². The predicted octanol–water partition coefficient (Wildman–Crippen LogP) is 3.27. The van der Waals surface area contributed by atoms with E-state index in [9.17, 15) is 4.79 Å². The van der Waals surface area contributed by atoms with Crippen LogP contribution in [0.4, 0.5) is 0 Å². The van der Waals surface area contributed by atoms with Crippen LogP contribution in [-0.2, 0) is 10.2 Å². The van der Waals surface area contributed by atoms with Crippen molar-refractivity contribution in [3.05, 3.63) is 34.9 Å². The van der Waals surface area contributed by atoms with Crippen molar-refractivity contribution in [2.45, 2.75) is 51.0 Å². The summed E-state index contributed by atoms with van der Waals surface area (Å²) >= 11 is 0. The molecular formula is C19H28N2O. The second-order valence-corrected chi connectivity index (χ2v) is 7.29. The maximum absolute atomic E-state index is 12.0. The van der Waals surface area contributed by atoms with Crippen LogP contribution in [0.3, 0.4) is 0 Å². The molecule has 0 saturated carbocycles. The molecule has 1 fully saturated rings. The Morgan fingerprint density at radius 2 is 2.00 bits per heavy atom. The second-order valence-electron chi connectivity index (χ2n) is 7.29. The Morgan fingerprint density at radius 1 is 1.32 bits per heavy atom. The highest BCUT2D eigenvalue weighted by Crippen LogP contribution is 2.52. The van der Waals surface area contributed by atoms with Gasteiger partial charge < -0.3 is 9.80 Å². The van der Waals surface area contributed by atoms with Crippen molar-refractivity contribution in [1.29, 1.82) is 0 Å². The van der Waals surface area contributed by atoms with Gasteiger partial charge in [-0.05, 0) is 51.4 Å². The lowest BCUT2D eigenvalue weighted by Crippen LogP contribution is -2.44. The Labute approximate surface area is 134 Å². The molecule has 2 aliphatic rings. The number of hydrogen-bond acceptors (Lipinski definition) is 2. The number of likely N-dealkylation sites (tertiary alicyclic amines) is 1. The molecule has 1 amide bonds. The van der Waals surface area contributed by atoms with Gasteiger partial charge >= 0.3 is 0 Å². The number of rotatable bonds is 2. The smallest absolute Gasteiger partial charge is 0.222 e. The fraction of sp³-hybridized carbons (Fsp3) is 0.632. The molecule has 0 N–H and O–H groups in total. The van der Waals surface area contributed by atoms with Crippen molar-refractivity contribution in [2.75, 3.05) is 27.2 Å². The van der Waals surface area contributed by atoms with E-state index in [0.29, 0.717) is 18.4 Å². The summed E-state index contributed by atoms with van der Waals surface area (Å²) in [4.78, 5) is 16.4. The number of carbonyl (C=O) groups excluding carboxylic acids is 1. The maximum Gasteiger partial charge on any atom is 0.222 e. The molecule has 22 heavy (non-hydrogen) atoms. The molecule has 1 aliphatic carbocycles. The van der Waals surface area contributed by atoms with Crippen LogP contribution in [0, 0.1) is 6.92 Å². The van der Waals surface area contributed by atoms with Gasteiger partial charge in [-0.2, -0.15) is 0 Å². The summed E-state index contributed by atoms with van der Waals surface area (Å²) in [6.45, 7) is 5.98. The van der Waals surface area contributed by atoms with Gasteiger partial charge in [0.25, 0.3) is 0 Å². The number of fused-ring (bicyclic) bond motifs is 2. The van der Waals surface area contributed by atoms with Crippen LogP contribution in [0.1, 0.15) is 55.3 Å². The lowest BCUT2D eigenvalue weighted by Gasteiger charge is -2.40. The molecule has 0 bridgehead atoms. The third kappa shape index (κ3) is 2.45. The Balaban J connectivity index is 1.89. The number of carbonyl (C=O) groups is 1. The Hall–Kier alpha value is -1.35. The van der Waals surface area contributed by atoms with Crippen molar-refractivity contribution >= 4 is 5.91 Å². The zero-order valence-corrected chi connectivity index (χ0v) is 14.4. The normalized spacial score (nSPS) is 23.1. The third-order valence-electron chi connectivity index (χ3n) is 5.72. The quantitative estimate of drug-likeness (QED) is 0.837. The number of nitrogens with zero attached hydrogens (tertiary/aromatic N) is 2. The van der Waals surface area contributed by atoms with E-state index in [1.54, 1.807) is 5.56 Å². The van der Waals surface area contributed by atoms with Crippen LogP contribution in [0.15, 0.2) is 18.2 Å². The SMILES string of the molecule is CCC(=O)N1CCC2(CC1)CC(N(C)C)c1cc(C)ccc12. The number of aryl methyl sites for hydroxylation is 1. The van der Waals surface area contributed by atoms with Crippen LogP contribution in [-0.4, -0.2) is 42.9 Å². The molecule has 1 unspecified atom stereocenters. The van der Waals surface area contributed by atoms with Crippen LogP contribution < -0.4 is 0 Å². The van der Waals surface area contributed by atoms with Gasteiger partial charge in [-0.15, -0.1) is 0 Å². The average Bonchev–Trinajstić information content (AvgIpc) is 2.81. The first-order chi connectivity index (χ1) is 10.5. The summed E-state index contributed by atoms with van der Waals surface area (Å²) in [5, 5.41) is 0. The molecule has 1 atom stereocenters. The minimum atomic E-state index is 0.280. The summed E-state index contributed by atoms with van der Waals surface area (Å²) in [7, 11) is 4.37. The summed E-state index contributed by atoms with van der Waals surface area (Å²) in [6, 6.07) is 7.50. The molecule has 3 nitrogen and oxygen atoms in total. The van der Waals surface area contributed by atoms with Crippen LogP contribution >= 0.6 is 0 Å². The minimum Gasteiger partial charge on any atom is -0.343 e. The van der Waals surface area contributed by atoms with Gasteiger partial charge in [-0.25, -0.2) is 0 Å². The van der Waals surface area contributed by atoms with Gasteiger partial charge in [0.05, 0.1) is 0 Å². The molecule has 3 heteroatoms. The average molecular weight is 300 g/mol. The Bertz CT molecular complexity index is 571. The molecule has 1 spiro atoms. The van der Waals surface area contributed by atoms with Crippen molar-refractivity contribution in [3.8, 4) is 0 Å². The van der Waals surface area contributed by atoms with Crippen molar-refractivity contribution in [2.24, 2.45) is 0 Å². The minimum absolute atomic E-state index is 0.280. The van der Waals surface area contributed by atoms with E-state index >= 15 is 0 Å². The van der Waals surface area contributed by atoms with Gasteiger partial charge in [0.15, 0.2) is 0 Å². The first-order valence-electron chi connectivity index (χ1n) is 8.52. The topological polar surface area (TPSA) is 23.6 Å². The summed E-state index contributed by atoms with van der Waals surface area (Å²) in [6.07, 6.45) is 4.05. The molecule has 1 aliphatic heterocycles. The molecular weight excluding hydrogens is 272 g/mol. The fourth-order valence-electron chi connectivity index (χ4n) is 4.37. The maximum atomic E-state index is 12.0. The molecule has 1 saturated heterocycles. The van der Waals surface area contributed by atoms with Crippen molar-refractivity contribution in [3.63, 3.8) is 0 Å². The monoisotopic (exact) mass is 300 g/mol. The van der Waals surface area contributed by atoms with E-state index in [2.05, 4.69) is 49.0 Å². The van der Waals surface area contributed by atoms with Gasteiger partial charge in [0.2, 0.25) is 5.91 Å². The van der Waals surface area contributed by atoms with E-state index in [-0.39, 0.29) is 5.41 Å². The van der Waals surface area contributed by atoms with Crippen LogP contribution in [0.25, 0.3) is 0 Å². The molecule has 0 aromatic heterocycles. The first-order valence-corrected chi connectivity index (χ1v) is 8.52. The third-order valence-corrected chi connectivity index (χ3v) is 5.72. The molecule has 1 heterocycles. The highest BCUT2D eigenvalue weighted by molar-refractivity contribution is 5.76. The highest BCUT2D eigenvalue weighted by Gasteiger charge is 2.46. The van der Waals surface area contributed by atoms with Crippen LogP contribution in [0.2, 0.25) is 0 Å². The molecule has 120 valence electrons. The first kappa shape index (κ1) is 15.5. The lowest BCUT2D eigenvalue weighted by molar-refractivity contribution is -0.132. The van der Waals surface area contributed by atoms with E-state index in [0.717, 1.165) is 25.9 Å². The lowest BCUT2D eigenvalue weighted by atomic mass is 9.73. The molecule has 1 aromatic carbocycles. The van der Waals surface area contributed by atoms with Crippen LogP contribution in [0.5, 0.6) is 0 Å². The highest BCUT2D eigenvalue weighted by atomic mass is 16.2. The fourth-order valence-corrected chi connectivity index (χ4v) is 4.37. The molecule has 0 radical (unpaired) electrons. The van der Waals surface area contributed by atoms with E-state index in [4.69, 9.17) is 0 Å². The van der Waals surface area contributed by atoms with Gasteiger partial charge in [0.1, 0.15) is 0 Å². The van der Waals surface area contributed by atoms with E-state index < -0.39 is 0 Å². The second kappa shape index (κ2) is 5.69. The number of hydrogen-bond donors (Lipinski definition) is 0. The van der Waals surface area contributed by atoms with Crippen molar-refractivity contribution in [1.82, 2.24) is 9.80 Å². The predicted molar refractivity (Wildman–Crippen MR) is 90.0 cm³/mol. The Morgan fingerprint density at radius 3 is 2.59 bits per heavy atom. The van der Waals surface area contributed by atoms with Gasteiger partial charge in [-0.3, -0.25) is 4.79 Å². The van der Waals surface area contributed by atoms with E-state index in [1.807, 2.05) is 6.92 Å². The molecule has 1 aromatic rings. The molecule has 3 rings (SSSR count). The Kier molecular flexibility index (Phi) is 4.02. The zero-order chi connectivity index (χ0) is 15.9. The standard InChI is InChI=1S/C19H28N2O/c1-5-18(22)21-10-8-19(9-11-21)13-17(20(3)4)15-12-14(2)6-7-16(15)19/h6-7,12,17H,5,8-11,13H2,1-4H3. The summed E-state index contributed by atoms with van der Waals surface area (Å²) < 4.78 is 0. The van der Waals surface area contributed by atoms with E-state index in [1.165, 1.54) is 17.5 Å². The van der Waals surface area contributed by atoms with Gasteiger partial charge in [0, 0.05) is 31.0 Å². The summed E-state index contributed by atoms with van der Waals surface area (Å²) in [5.41, 5.74) is 4.68. The number of piperidine rings is 1.